The third-order valence-electron chi connectivity index (χ3n) is 2.46. The molecule has 17 heavy (non-hydrogen) atoms. The van der Waals surface area contributed by atoms with Gasteiger partial charge in [-0.05, 0) is 6.42 Å². The van der Waals surface area contributed by atoms with Gasteiger partial charge >= 0.3 is 0 Å². The lowest BCUT2D eigenvalue weighted by Gasteiger charge is -2.09. The van der Waals surface area contributed by atoms with Gasteiger partial charge in [0, 0.05) is 30.9 Å². The molecule has 0 amide bonds. The average Bonchev–Trinajstić information content (AvgIpc) is 2.72. The minimum Gasteiger partial charge on any atom is -0.366 e. The fourth-order valence-electron chi connectivity index (χ4n) is 1.61. The summed E-state index contributed by atoms with van der Waals surface area (Å²) in [6.45, 7) is 2.70. The highest BCUT2D eigenvalue weighted by atomic mass is 35.5. The maximum absolute atomic E-state index is 6.01. The Hall–Kier alpha value is -1.62. The van der Waals surface area contributed by atoms with Crippen LogP contribution in [0.5, 0.6) is 0 Å². The maximum atomic E-state index is 6.01. The number of aryl methyl sites for hydroxylation is 1. The number of nitrogens with one attached hydrogen (secondary N) is 1. The van der Waals surface area contributed by atoms with Gasteiger partial charge < -0.3 is 5.32 Å². The number of hydrogen-bond donors (Lipinski definition) is 1. The van der Waals surface area contributed by atoms with Gasteiger partial charge in [0.15, 0.2) is 0 Å². The fourth-order valence-corrected chi connectivity index (χ4v) is 1.87. The van der Waals surface area contributed by atoms with Crippen molar-refractivity contribution in [3.63, 3.8) is 0 Å². The molecule has 2 aromatic heterocycles. The summed E-state index contributed by atoms with van der Waals surface area (Å²) in [6.07, 6.45) is 6.05. The van der Waals surface area contributed by atoms with E-state index < -0.39 is 0 Å². The van der Waals surface area contributed by atoms with E-state index in [9.17, 15) is 0 Å². The SMILES string of the molecule is CCc1c(Cl)ncnc1NCc1cnn(C)c1. The quantitative estimate of drug-likeness (QED) is 0.845. The first-order chi connectivity index (χ1) is 8.20. The molecule has 0 aromatic carbocycles. The summed E-state index contributed by atoms with van der Waals surface area (Å²) in [7, 11) is 1.89. The highest BCUT2D eigenvalue weighted by Crippen LogP contribution is 2.20. The Balaban J connectivity index is 2.11. The van der Waals surface area contributed by atoms with E-state index in [0.29, 0.717) is 11.7 Å². The minimum atomic E-state index is 0.510. The van der Waals surface area contributed by atoms with Gasteiger partial charge in [0.25, 0.3) is 0 Å². The molecule has 1 N–H and O–H groups in total. The number of rotatable bonds is 4. The van der Waals surface area contributed by atoms with Crippen molar-refractivity contribution in [3.8, 4) is 0 Å². The Labute approximate surface area is 105 Å². The van der Waals surface area contributed by atoms with Crippen LogP contribution in [0.1, 0.15) is 18.1 Å². The third-order valence-corrected chi connectivity index (χ3v) is 2.79. The van der Waals surface area contributed by atoms with E-state index in [2.05, 4.69) is 20.4 Å². The summed E-state index contributed by atoms with van der Waals surface area (Å²) in [5, 5.41) is 7.86. The summed E-state index contributed by atoms with van der Waals surface area (Å²) in [5.74, 6) is 0.788. The molecule has 5 nitrogen and oxygen atoms in total. The van der Waals surface area contributed by atoms with Crippen LogP contribution in [0.3, 0.4) is 0 Å². The second kappa shape index (κ2) is 5.14. The van der Waals surface area contributed by atoms with Crippen molar-refractivity contribution in [2.75, 3.05) is 5.32 Å². The van der Waals surface area contributed by atoms with Crippen molar-refractivity contribution < 1.29 is 0 Å². The first kappa shape index (κ1) is 11.9. The van der Waals surface area contributed by atoms with Crippen LogP contribution < -0.4 is 5.32 Å². The molecule has 2 aromatic rings. The van der Waals surface area contributed by atoms with Gasteiger partial charge in [-0.1, -0.05) is 18.5 Å². The van der Waals surface area contributed by atoms with Crippen LogP contribution >= 0.6 is 11.6 Å². The monoisotopic (exact) mass is 251 g/mol. The van der Waals surface area contributed by atoms with E-state index in [-0.39, 0.29) is 0 Å². The topological polar surface area (TPSA) is 55.6 Å². The average molecular weight is 252 g/mol. The lowest BCUT2D eigenvalue weighted by Crippen LogP contribution is -2.05. The first-order valence-electron chi connectivity index (χ1n) is 5.41. The predicted molar refractivity (Wildman–Crippen MR) is 67.0 cm³/mol. The zero-order valence-electron chi connectivity index (χ0n) is 9.81. The second-order valence-electron chi connectivity index (χ2n) is 3.72. The molecule has 0 aliphatic carbocycles. The van der Waals surface area contributed by atoms with Crippen LogP contribution in [0, 0.1) is 0 Å². The molecule has 0 saturated heterocycles. The van der Waals surface area contributed by atoms with Gasteiger partial charge in [0.05, 0.1) is 6.20 Å². The maximum Gasteiger partial charge on any atom is 0.137 e. The lowest BCUT2D eigenvalue weighted by molar-refractivity contribution is 0.767. The van der Waals surface area contributed by atoms with E-state index >= 15 is 0 Å². The minimum absolute atomic E-state index is 0.510. The molecular weight excluding hydrogens is 238 g/mol. The molecule has 0 aliphatic rings. The van der Waals surface area contributed by atoms with Crippen molar-refractivity contribution in [2.45, 2.75) is 19.9 Å². The summed E-state index contributed by atoms with van der Waals surface area (Å²) < 4.78 is 1.77. The molecule has 0 atom stereocenters. The van der Waals surface area contributed by atoms with Gasteiger partial charge in [-0.3, -0.25) is 4.68 Å². The van der Waals surface area contributed by atoms with Gasteiger partial charge in [0.2, 0.25) is 0 Å². The van der Waals surface area contributed by atoms with Crippen molar-refractivity contribution in [3.05, 3.63) is 35.0 Å². The molecule has 2 heterocycles. The number of halogens is 1. The summed E-state index contributed by atoms with van der Waals surface area (Å²) in [5.41, 5.74) is 2.04. The Kier molecular flexibility index (Phi) is 3.58. The summed E-state index contributed by atoms with van der Waals surface area (Å²) in [4.78, 5) is 8.17. The Morgan fingerprint density at radius 2 is 2.24 bits per heavy atom. The van der Waals surface area contributed by atoms with Gasteiger partial charge in [0.1, 0.15) is 17.3 Å². The predicted octanol–water partition coefficient (Wildman–Crippen LogP) is 2.04. The molecule has 0 spiro atoms. The van der Waals surface area contributed by atoms with Crippen molar-refractivity contribution in [1.82, 2.24) is 19.7 Å². The number of anilines is 1. The molecule has 2 rings (SSSR count). The van der Waals surface area contributed by atoms with Crippen LogP contribution in [-0.4, -0.2) is 19.7 Å². The molecule has 90 valence electrons. The number of nitrogens with zero attached hydrogens (tertiary/aromatic N) is 4. The summed E-state index contributed by atoms with van der Waals surface area (Å²) in [6, 6.07) is 0. The van der Waals surface area contributed by atoms with Crippen molar-refractivity contribution >= 4 is 17.4 Å². The van der Waals surface area contributed by atoms with Crippen LogP contribution in [0.15, 0.2) is 18.7 Å². The van der Waals surface area contributed by atoms with Crippen LogP contribution in [0.2, 0.25) is 5.15 Å². The molecule has 0 unspecified atom stereocenters. The largest absolute Gasteiger partial charge is 0.366 e. The van der Waals surface area contributed by atoms with Crippen molar-refractivity contribution in [1.29, 1.82) is 0 Å². The molecule has 0 fully saturated rings. The smallest absolute Gasteiger partial charge is 0.137 e. The highest BCUT2D eigenvalue weighted by molar-refractivity contribution is 6.30. The molecule has 0 aliphatic heterocycles. The Morgan fingerprint density at radius 1 is 1.41 bits per heavy atom. The Morgan fingerprint density at radius 3 is 2.88 bits per heavy atom. The normalized spacial score (nSPS) is 10.5. The molecule has 6 heteroatoms. The van der Waals surface area contributed by atoms with E-state index in [4.69, 9.17) is 11.6 Å². The van der Waals surface area contributed by atoms with E-state index in [1.165, 1.54) is 6.33 Å². The zero-order valence-corrected chi connectivity index (χ0v) is 10.6. The number of hydrogen-bond acceptors (Lipinski definition) is 4. The first-order valence-corrected chi connectivity index (χ1v) is 5.79. The van der Waals surface area contributed by atoms with E-state index in [1.807, 2.05) is 26.4 Å². The molecule has 0 bridgehead atoms. The van der Waals surface area contributed by atoms with Crippen LogP contribution in [-0.2, 0) is 20.0 Å². The van der Waals surface area contributed by atoms with Crippen LogP contribution in [0.4, 0.5) is 5.82 Å². The third kappa shape index (κ3) is 2.74. The molecule has 0 radical (unpaired) electrons. The standard InChI is InChI=1S/C11H14ClN5/c1-3-9-10(12)14-7-15-11(9)13-4-8-5-16-17(2)6-8/h5-7H,3-4H2,1-2H3,(H,13,14,15). The molecular formula is C11H14ClN5. The van der Waals surface area contributed by atoms with Crippen molar-refractivity contribution in [2.24, 2.45) is 7.05 Å². The summed E-state index contributed by atoms with van der Waals surface area (Å²) >= 11 is 6.01. The lowest BCUT2D eigenvalue weighted by atomic mass is 10.2. The fraction of sp³-hybridized carbons (Fsp3) is 0.364. The highest BCUT2D eigenvalue weighted by Gasteiger charge is 2.07. The second-order valence-corrected chi connectivity index (χ2v) is 4.08. The Bertz CT molecular complexity index is 508. The van der Waals surface area contributed by atoms with E-state index in [1.54, 1.807) is 4.68 Å². The van der Waals surface area contributed by atoms with Gasteiger partial charge in [-0.25, -0.2) is 9.97 Å². The molecule has 0 saturated carbocycles. The van der Waals surface area contributed by atoms with Gasteiger partial charge in [-0.2, -0.15) is 5.10 Å². The van der Waals surface area contributed by atoms with E-state index in [0.717, 1.165) is 23.4 Å². The van der Waals surface area contributed by atoms with Gasteiger partial charge in [-0.15, -0.1) is 0 Å². The zero-order chi connectivity index (χ0) is 12.3. The van der Waals surface area contributed by atoms with Crippen LogP contribution in [0.25, 0.3) is 0 Å². The number of aromatic nitrogens is 4.